The lowest BCUT2D eigenvalue weighted by molar-refractivity contribution is 0.718. The molecule has 0 aliphatic rings. The first-order valence-electron chi connectivity index (χ1n) is 11.3. The van der Waals surface area contributed by atoms with Crippen LogP contribution < -0.4 is 0 Å². The fraction of sp³-hybridized carbons (Fsp3) is 0. The van der Waals surface area contributed by atoms with E-state index in [1.807, 2.05) is 73.1 Å². The van der Waals surface area contributed by atoms with Crippen molar-refractivity contribution in [2.24, 2.45) is 9.98 Å². The highest BCUT2D eigenvalue weighted by Crippen LogP contribution is 2.25. The van der Waals surface area contributed by atoms with Crippen molar-refractivity contribution < 1.29 is 0 Å². The molecule has 0 fully saturated rings. The molecule has 2 aromatic heterocycles. The van der Waals surface area contributed by atoms with E-state index in [0.717, 1.165) is 44.3 Å². The van der Waals surface area contributed by atoms with Crippen molar-refractivity contribution in [1.82, 2.24) is 9.35 Å². The van der Waals surface area contributed by atoms with Gasteiger partial charge in [-0.2, -0.15) is 0 Å². The molecule has 0 amide bonds. The predicted molar refractivity (Wildman–Crippen MR) is 142 cm³/mol. The number of hydrogen-bond acceptors (Lipinski definition) is 2. The molecule has 0 aliphatic heterocycles. The maximum atomic E-state index is 4.70. The lowest BCUT2D eigenvalue weighted by atomic mass is 10.1. The van der Waals surface area contributed by atoms with Crippen LogP contribution in [-0.4, -0.2) is 21.8 Å². The second-order valence-electron chi connectivity index (χ2n) is 8.08. The van der Waals surface area contributed by atoms with E-state index in [9.17, 15) is 0 Å². The number of rotatable bonds is 5. The summed E-state index contributed by atoms with van der Waals surface area (Å²) in [5, 5.41) is 2.32. The van der Waals surface area contributed by atoms with Gasteiger partial charge in [-0.15, -0.1) is 0 Å². The summed E-state index contributed by atoms with van der Waals surface area (Å²) < 4.78 is 4.37. The molecule has 0 unspecified atom stereocenters. The minimum absolute atomic E-state index is 0.934. The Balaban J connectivity index is 1.49. The lowest BCUT2D eigenvalue weighted by Crippen LogP contribution is -2.08. The molecule has 0 saturated carbocycles. The fourth-order valence-electron chi connectivity index (χ4n) is 4.29. The summed E-state index contributed by atoms with van der Waals surface area (Å²) in [5.41, 5.74) is 6.20. The van der Waals surface area contributed by atoms with Crippen molar-refractivity contribution in [1.29, 1.82) is 0 Å². The predicted octanol–water partition coefficient (Wildman–Crippen LogP) is 7.41. The van der Waals surface area contributed by atoms with E-state index in [1.54, 1.807) is 0 Å². The van der Waals surface area contributed by atoms with Crippen LogP contribution in [0.4, 0.5) is 11.4 Å². The lowest BCUT2D eigenvalue weighted by Gasteiger charge is -2.12. The maximum Gasteiger partial charge on any atom is 0.0790 e. The Morgan fingerprint density at radius 3 is 1.32 bits per heavy atom. The molecule has 6 aromatic rings. The quantitative estimate of drug-likeness (QED) is 0.251. The summed E-state index contributed by atoms with van der Waals surface area (Å²) >= 11 is 0. The van der Waals surface area contributed by atoms with Gasteiger partial charge in [0, 0.05) is 46.7 Å². The van der Waals surface area contributed by atoms with Gasteiger partial charge in [-0.05, 0) is 36.4 Å². The summed E-state index contributed by atoms with van der Waals surface area (Å²) in [6.45, 7) is 0. The second-order valence-corrected chi connectivity index (χ2v) is 8.08. The first kappa shape index (κ1) is 19.9. The number of benzene rings is 4. The Bertz CT molecular complexity index is 1510. The Morgan fingerprint density at radius 1 is 0.441 bits per heavy atom. The van der Waals surface area contributed by atoms with Gasteiger partial charge in [0.05, 0.1) is 22.4 Å². The van der Waals surface area contributed by atoms with Gasteiger partial charge in [-0.3, -0.25) is 19.3 Å². The molecule has 2 heterocycles. The van der Waals surface area contributed by atoms with Gasteiger partial charge in [0.15, 0.2) is 0 Å². The topological polar surface area (TPSA) is 34.6 Å². The molecule has 0 radical (unpaired) electrons. The third-order valence-corrected chi connectivity index (χ3v) is 5.90. The number of para-hydroxylation sites is 4. The summed E-state index contributed by atoms with van der Waals surface area (Å²) in [5.74, 6) is 0. The number of hydrogen-bond donors (Lipinski definition) is 0. The van der Waals surface area contributed by atoms with Crippen LogP contribution in [-0.2, 0) is 0 Å². The number of aromatic nitrogens is 2. The largest absolute Gasteiger partial charge is 0.256 e. The molecular weight excluding hydrogens is 416 g/mol. The average Bonchev–Trinajstić information content (AvgIpc) is 3.52. The van der Waals surface area contributed by atoms with Crippen LogP contribution in [0.1, 0.15) is 11.1 Å². The summed E-state index contributed by atoms with van der Waals surface area (Å²) in [6.07, 6.45) is 8.10. The number of aliphatic imine (C=N–C) groups is 2. The number of nitrogens with zero attached hydrogens (tertiary/aromatic N) is 4. The zero-order valence-corrected chi connectivity index (χ0v) is 18.5. The molecule has 0 N–H and O–H groups in total. The zero-order valence-electron chi connectivity index (χ0n) is 18.5. The zero-order chi connectivity index (χ0) is 22.7. The van der Waals surface area contributed by atoms with Gasteiger partial charge >= 0.3 is 0 Å². The van der Waals surface area contributed by atoms with Crippen molar-refractivity contribution in [2.45, 2.75) is 0 Å². The van der Waals surface area contributed by atoms with E-state index in [-0.39, 0.29) is 0 Å². The molecule has 0 bridgehead atoms. The van der Waals surface area contributed by atoms with Crippen molar-refractivity contribution in [2.75, 3.05) is 0 Å². The van der Waals surface area contributed by atoms with Gasteiger partial charge in [-0.1, -0.05) is 72.8 Å². The van der Waals surface area contributed by atoms with E-state index in [4.69, 9.17) is 9.98 Å². The van der Waals surface area contributed by atoms with Crippen molar-refractivity contribution in [3.63, 3.8) is 0 Å². The molecule has 4 nitrogen and oxygen atoms in total. The molecular formula is C30H22N4. The van der Waals surface area contributed by atoms with Crippen LogP contribution in [0, 0.1) is 0 Å². The van der Waals surface area contributed by atoms with Crippen molar-refractivity contribution in [3.8, 4) is 0 Å². The molecule has 0 spiro atoms. The normalized spacial score (nSPS) is 11.9. The van der Waals surface area contributed by atoms with Gasteiger partial charge in [0.2, 0.25) is 0 Å². The van der Waals surface area contributed by atoms with E-state index in [1.165, 1.54) is 0 Å². The molecule has 0 saturated heterocycles. The monoisotopic (exact) mass is 438 g/mol. The molecule has 0 aliphatic carbocycles. The number of fused-ring (bicyclic) bond motifs is 2. The molecule has 6 rings (SSSR count). The minimum atomic E-state index is 0.934. The van der Waals surface area contributed by atoms with Crippen LogP contribution >= 0.6 is 0 Å². The Morgan fingerprint density at radius 2 is 0.882 bits per heavy atom. The Labute approximate surface area is 197 Å². The second kappa shape index (κ2) is 8.68. The first-order chi connectivity index (χ1) is 16.9. The maximum absolute atomic E-state index is 4.70. The highest BCUT2D eigenvalue weighted by atomic mass is 15.4. The van der Waals surface area contributed by atoms with Crippen LogP contribution in [0.15, 0.2) is 132 Å². The third-order valence-electron chi connectivity index (χ3n) is 5.90. The summed E-state index contributed by atoms with van der Waals surface area (Å²) in [6, 6.07) is 36.9. The SMILES string of the molecule is C(=Nc1ccccc1)c1cccc2ccn(-n3ccc4cccc(C=Nc5ccccc5)c43)c12. The van der Waals surface area contributed by atoms with Crippen LogP contribution in [0.25, 0.3) is 21.8 Å². The third kappa shape index (κ3) is 3.71. The van der Waals surface area contributed by atoms with Gasteiger partial charge in [-0.25, -0.2) is 0 Å². The summed E-state index contributed by atoms with van der Waals surface area (Å²) in [4.78, 5) is 9.41. The standard InChI is InChI=1S/C30H22N4/c1-3-13-27(14-4-1)31-21-25-11-7-9-23-17-19-33(29(23)25)34-20-18-24-10-8-12-26(30(24)34)22-32-28-15-5-2-6-16-28/h1-22H. The van der Waals surface area contributed by atoms with E-state index in [2.05, 4.69) is 70.3 Å². The van der Waals surface area contributed by atoms with Crippen LogP contribution in [0.2, 0.25) is 0 Å². The van der Waals surface area contributed by atoms with Crippen molar-refractivity contribution in [3.05, 3.63) is 133 Å². The van der Waals surface area contributed by atoms with Crippen LogP contribution in [0.3, 0.4) is 0 Å². The highest BCUT2D eigenvalue weighted by molar-refractivity contribution is 6.01. The van der Waals surface area contributed by atoms with E-state index < -0.39 is 0 Å². The molecule has 0 atom stereocenters. The Hall–Kier alpha value is -4.70. The molecule has 34 heavy (non-hydrogen) atoms. The fourth-order valence-corrected chi connectivity index (χ4v) is 4.29. The molecule has 162 valence electrons. The summed E-state index contributed by atoms with van der Waals surface area (Å²) in [7, 11) is 0. The van der Waals surface area contributed by atoms with Crippen LogP contribution in [0.5, 0.6) is 0 Å². The van der Waals surface area contributed by atoms with Gasteiger partial charge in [0.1, 0.15) is 0 Å². The van der Waals surface area contributed by atoms with E-state index in [0.29, 0.717) is 0 Å². The van der Waals surface area contributed by atoms with E-state index >= 15 is 0 Å². The first-order valence-corrected chi connectivity index (χ1v) is 11.3. The minimum Gasteiger partial charge on any atom is -0.256 e. The molecule has 4 aromatic carbocycles. The smallest absolute Gasteiger partial charge is 0.0790 e. The van der Waals surface area contributed by atoms with Gasteiger partial charge in [0.25, 0.3) is 0 Å². The Kier molecular flexibility index (Phi) is 5.09. The highest BCUT2D eigenvalue weighted by Gasteiger charge is 2.11. The molecule has 4 heteroatoms. The van der Waals surface area contributed by atoms with Crippen molar-refractivity contribution >= 4 is 45.6 Å². The van der Waals surface area contributed by atoms with Gasteiger partial charge < -0.3 is 0 Å². The average molecular weight is 439 g/mol.